The van der Waals surface area contributed by atoms with Crippen LogP contribution in [0, 0.1) is 11.3 Å². The summed E-state index contributed by atoms with van der Waals surface area (Å²) in [6.45, 7) is 0. The maximum absolute atomic E-state index is 13.0. The maximum atomic E-state index is 13.0. The monoisotopic (exact) mass is 326 g/mol. The zero-order valence-corrected chi connectivity index (χ0v) is 11.9. The fourth-order valence-corrected chi connectivity index (χ4v) is 2.99. The third kappa shape index (κ3) is 2.02. The summed E-state index contributed by atoms with van der Waals surface area (Å²) in [7, 11) is 0. The minimum Gasteiger partial charge on any atom is -0.348 e. The molecular weight excluding hydrogens is 317 g/mol. The summed E-state index contributed by atoms with van der Waals surface area (Å²) in [5, 5.41) is 11.7. The summed E-state index contributed by atoms with van der Waals surface area (Å²) >= 11 is 5.07. The third-order valence-corrected chi connectivity index (χ3v) is 4.20. The number of carbonyl (C=O) groups excluding carboxylic acids is 1. The molecule has 5 nitrogen and oxygen atoms in total. The van der Waals surface area contributed by atoms with Crippen LogP contribution < -0.4 is 10.2 Å². The molecule has 1 aromatic rings. The van der Waals surface area contributed by atoms with Crippen molar-refractivity contribution in [2.75, 3.05) is 4.90 Å². The van der Waals surface area contributed by atoms with Crippen molar-refractivity contribution in [3.8, 4) is 6.07 Å². The molecule has 1 N–H and O–H groups in total. The molecule has 1 amide bonds. The van der Waals surface area contributed by atoms with Crippen molar-refractivity contribution in [1.82, 2.24) is 10.3 Å². The molecule has 0 radical (unpaired) electrons. The van der Waals surface area contributed by atoms with Gasteiger partial charge < -0.3 is 5.32 Å². The molecule has 2 aliphatic rings. The number of aromatic nitrogens is 1. The Labute approximate surface area is 128 Å². The number of hydrogen-bond acceptors (Lipinski definition) is 4. The number of hydrogen-bond donors (Lipinski definition) is 1. The van der Waals surface area contributed by atoms with Gasteiger partial charge >= 0.3 is 6.18 Å². The number of thiocarbonyl (C=S) groups is 1. The number of alkyl halides is 3. The van der Waals surface area contributed by atoms with Gasteiger partial charge in [0.25, 0.3) is 5.91 Å². The number of nitrogens with zero attached hydrogens (tertiary/aromatic N) is 3. The van der Waals surface area contributed by atoms with Gasteiger partial charge in [0, 0.05) is 0 Å². The molecule has 3 rings (SSSR count). The lowest BCUT2D eigenvalue weighted by molar-refractivity contribution is -0.138. The van der Waals surface area contributed by atoms with Gasteiger partial charge in [-0.1, -0.05) is 0 Å². The molecule has 1 aromatic heterocycles. The van der Waals surface area contributed by atoms with E-state index >= 15 is 0 Å². The number of anilines is 1. The van der Waals surface area contributed by atoms with E-state index < -0.39 is 23.0 Å². The van der Waals surface area contributed by atoms with E-state index in [1.807, 2.05) is 0 Å². The van der Waals surface area contributed by atoms with Crippen LogP contribution in [0.2, 0.25) is 0 Å². The van der Waals surface area contributed by atoms with Crippen LogP contribution >= 0.6 is 12.2 Å². The third-order valence-electron chi connectivity index (χ3n) is 3.91. The molecule has 0 unspecified atom stereocenters. The lowest BCUT2D eigenvalue weighted by Gasteiger charge is -2.35. The van der Waals surface area contributed by atoms with Crippen LogP contribution in [0.25, 0.3) is 0 Å². The first-order chi connectivity index (χ1) is 10.3. The van der Waals surface area contributed by atoms with Gasteiger partial charge in [0.2, 0.25) is 0 Å². The van der Waals surface area contributed by atoms with E-state index in [4.69, 9.17) is 17.5 Å². The zero-order chi connectivity index (χ0) is 16.1. The van der Waals surface area contributed by atoms with E-state index in [1.165, 1.54) is 6.07 Å². The highest BCUT2D eigenvalue weighted by Gasteiger charge is 2.53. The molecule has 22 heavy (non-hydrogen) atoms. The van der Waals surface area contributed by atoms with Crippen LogP contribution in [0.15, 0.2) is 12.3 Å². The average molecular weight is 326 g/mol. The Morgan fingerprint density at radius 2 is 2.14 bits per heavy atom. The van der Waals surface area contributed by atoms with Crippen LogP contribution in [-0.4, -0.2) is 21.5 Å². The van der Waals surface area contributed by atoms with Crippen molar-refractivity contribution >= 4 is 28.9 Å². The Morgan fingerprint density at radius 3 is 2.59 bits per heavy atom. The van der Waals surface area contributed by atoms with Gasteiger partial charge in [0.15, 0.2) is 10.8 Å². The van der Waals surface area contributed by atoms with E-state index in [9.17, 15) is 18.0 Å². The summed E-state index contributed by atoms with van der Waals surface area (Å²) in [4.78, 5) is 17.0. The Balaban J connectivity index is 2.04. The Morgan fingerprint density at radius 1 is 1.45 bits per heavy atom. The molecule has 0 bridgehead atoms. The molecule has 1 spiro atoms. The average Bonchev–Trinajstić information content (AvgIpc) is 2.68. The number of halogens is 3. The van der Waals surface area contributed by atoms with Gasteiger partial charge in [0.1, 0.15) is 11.6 Å². The predicted molar refractivity (Wildman–Crippen MR) is 73.8 cm³/mol. The van der Waals surface area contributed by atoms with Gasteiger partial charge in [-0.3, -0.25) is 9.69 Å². The second-order valence-electron chi connectivity index (χ2n) is 5.21. The first-order valence-electron chi connectivity index (χ1n) is 6.42. The number of pyridine rings is 1. The van der Waals surface area contributed by atoms with Crippen molar-refractivity contribution in [1.29, 1.82) is 5.26 Å². The van der Waals surface area contributed by atoms with Gasteiger partial charge in [0.05, 0.1) is 17.4 Å². The number of amides is 1. The lowest BCUT2D eigenvalue weighted by Crippen LogP contribution is -2.52. The highest BCUT2D eigenvalue weighted by atomic mass is 32.1. The van der Waals surface area contributed by atoms with Gasteiger partial charge in [-0.15, -0.1) is 0 Å². The van der Waals surface area contributed by atoms with E-state index in [1.54, 1.807) is 0 Å². The molecular formula is C13H9F3N4OS. The van der Waals surface area contributed by atoms with E-state index in [-0.39, 0.29) is 16.7 Å². The number of nitriles is 1. The van der Waals surface area contributed by atoms with Crippen LogP contribution in [0.4, 0.5) is 18.9 Å². The van der Waals surface area contributed by atoms with Crippen molar-refractivity contribution in [3.05, 3.63) is 23.5 Å². The zero-order valence-electron chi connectivity index (χ0n) is 11.1. The second kappa shape index (κ2) is 4.64. The van der Waals surface area contributed by atoms with Crippen LogP contribution in [0.1, 0.15) is 30.5 Å². The molecule has 2 fully saturated rings. The Kier molecular flexibility index (Phi) is 3.11. The molecule has 0 atom stereocenters. The van der Waals surface area contributed by atoms with Crippen LogP contribution in [0.5, 0.6) is 0 Å². The molecule has 1 saturated heterocycles. The summed E-state index contributed by atoms with van der Waals surface area (Å²) in [6.07, 6.45) is -1.64. The standard InChI is InChI=1S/C13H9F3N4OS/c14-13(15,16)8-4-7(6-18-9(8)5-17)20-10(21)12(2-1-3-12)19-11(20)22/h4,6H,1-3H2,(H,19,22). The van der Waals surface area contributed by atoms with E-state index in [0.717, 1.165) is 23.6 Å². The van der Waals surface area contributed by atoms with E-state index in [2.05, 4.69) is 10.3 Å². The number of carbonyl (C=O) groups is 1. The number of nitrogens with one attached hydrogen (secondary N) is 1. The summed E-state index contributed by atoms with van der Waals surface area (Å²) < 4.78 is 38.9. The largest absolute Gasteiger partial charge is 0.419 e. The fraction of sp³-hybridized carbons (Fsp3) is 0.385. The van der Waals surface area contributed by atoms with Gasteiger partial charge in [-0.05, 0) is 37.5 Å². The maximum Gasteiger partial charge on any atom is 0.419 e. The molecule has 1 saturated carbocycles. The fourth-order valence-electron chi connectivity index (χ4n) is 2.61. The van der Waals surface area contributed by atoms with Crippen molar-refractivity contribution in [2.45, 2.75) is 31.0 Å². The highest BCUT2D eigenvalue weighted by molar-refractivity contribution is 7.80. The molecule has 0 aromatic carbocycles. The lowest BCUT2D eigenvalue weighted by atomic mass is 9.77. The highest BCUT2D eigenvalue weighted by Crippen LogP contribution is 2.40. The van der Waals surface area contributed by atoms with Gasteiger partial charge in [-0.25, -0.2) is 4.98 Å². The molecule has 9 heteroatoms. The summed E-state index contributed by atoms with van der Waals surface area (Å²) in [5.41, 5.74) is -2.79. The minimum atomic E-state index is -4.74. The Hall–Kier alpha value is -2.21. The van der Waals surface area contributed by atoms with Crippen molar-refractivity contribution in [2.24, 2.45) is 0 Å². The minimum absolute atomic E-state index is 0.0596. The SMILES string of the molecule is N#Cc1ncc(N2C(=O)C3(CCC3)NC2=S)cc1C(F)(F)F. The molecule has 114 valence electrons. The van der Waals surface area contributed by atoms with Crippen LogP contribution in [-0.2, 0) is 11.0 Å². The quantitative estimate of drug-likeness (QED) is 0.801. The first-order valence-corrected chi connectivity index (χ1v) is 6.83. The van der Waals surface area contributed by atoms with Crippen molar-refractivity contribution < 1.29 is 18.0 Å². The topological polar surface area (TPSA) is 69.0 Å². The van der Waals surface area contributed by atoms with E-state index in [0.29, 0.717) is 12.8 Å². The Bertz CT molecular complexity index is 721. The van der Waals surface area contributed by atoms with Gasteiger partial charge in [-0.2, -0.15) is 18.4 Å². The van der Waals surface area contributed by atoms with Crippen LogP contribution in [0.3, 0.4) is 0 Å². The predicted octanol–water partition coefficient (Wildman–Crippen LogP) is 2.12. The number of rotatable bonds is 1. The molecule has 1 aliphatic heterocycles. The smallest absolute Gasteiger partial charge is 0.348 e. The normalized spacial score (nSPS) is 19.8. The second-order valence-corrected chi connectivity index (χ2v) is 5.59. The van der Waals surface area contributed by atoms with Crippen molar-refractivity contribution in [3.63, 3.8) is 0 Å². The molecule has 2 heterocycles. The molecule has 1 aliphatic carbocycles. The summed E-state index contributed by atoms with van der Waals surface area (Å²) in [5.74, 6) is -0.372. The first kappa shape index (κ1) is 14.7. The summed E-state index contributed by atoms with van der Waals surface area (Å²) in [6, 6.07) is 2.13.